The standard InChI is InChI=1S/C18H30FN3O2S/c1-15-13-21(14-16(2)22(15)11-10-20(3)4)25(23,24)12-9-17-7-5-6-8-18(17)19/h5-8,15-16H,9-14H2,1-4H3. The summed E-state index contributed by atoms with van der Waals surface area (Å²) in [6.45, 7) is 7.03. The van der Waals surface area contributed by atoms with Gasteiger partial charge in [-0.15, -0.1) is 0 Å². The molecule has 5 nitrogen and oxygen atoms in total. The fourth-order valence-corrected chi connectivity index (χ4v) is 4.98. The predicted octanol–water partition coefficient (Wildman–Crippen LogP) is 1.65. The second-order valence-corrected chi connectivity index (χ2v) is 9.30. The lowest BCUT2D eigenvalue weighted by Crippen LogP contribution is -2.59. The molecule has 0 aliphatic carbocycles. The fraction of sp³-hybridized carbons (Fsp3) is 0.667. The third-order valence-corrected chi connectivity index (χ3v) is 6.66. The van der Waals surface area contributed by atoms with Crippen molar-refractivity contribution in [2.75, 3.05) is 46.0 Å². The molecule has 2 unspecified atom stereocenters. The summed E-state index contributed by atoms with van der Waals surface area (Å²) in [7, 11) is 0.692. The minimum Gasteiger partial charge on any atom is -0.308 e. The summed E-state index contributed by atoms with van der Waals surface area (Å²) in [4.78, 5) is 4.50. The van der Waals surface area contributed by atoms with Crippen LogP contribution in [0.25, 0.3) is 0 Å². The number of halogens is 1. The molecule has 142 valence electrons. The number of hydrogen-bond donors (Lipinski definition) is 0. The first-order chi connectivity index (χ1) is 11.7. The van der Waals surface area contributed by atoms with E-state index in [0.717, 1.165) is 13.1 Å². The van der Waals surface area contributed by atoms with Crippen LogP contribution in [0.15, 0.2) is 24.3 Å². The van der Waals surface area contributed by atoms with Gasteiger partial charge in [0.15, 0.2) is 0 Å². The molecular formula is C18H30FN3O2S. The number of sulfonamides is 1. The van der Waals surface area contributed by atoms with Crippen LogP contribution in [0.3, 0.4) is 0 Å². The first kappa shape index (κ1) is 20.3. The van der Waals surface area contributed by atoms with Gasteiger partial charge in [0, 0.05) is 38.3 Å². The van der Waals surface area contributed by atoms with Gasteiger partial charge in [-0.2, -0.15) is 4.31 Å². The second kappa shape index (κ2) is 8.58. The molecule has 0 amide bonds. The van der Waals surface area contributed by atoms with E-state index < -0.39 is 10.0 Å². The molecule has 25 heavy (non-hydrogen) atoms. The van der Waals surface area contributed by atoms with Crippen LogP contribution < -0.4 is 0 Å². The normalized spacial score (nSPS) is 23.3. The van der Waals surface area contributed by atoms with Gasteiger partial charge in [0.05, 0.1) is 5.75 Å². The summed E-state index contributed by atoms with van der Waals surface area (Å²) < 4.78 is 40.7. The van der Waals surface area contributed by atoms with Crippen molar-refractivity contribution in [3.63, 3.8) is 0 Å². The Morgan fingerprint density at radius 1 is 1.16 bits per heavy atom. The molecule has 2 atom stereocenters. The zero-order chi connectivity index (χ0) is 18.6. The smallest absolute Gasteiger partial charge is 0.214 e. The van der Waals surface area contributed by atoms with Crippen LogP contribution in [-0.2, 0) is 16.4 Å². The van der Waals surface area contributed by atoms with Crippen molar-refractivity contribution in [2.45, 2.75) is 32.4 Å². The van der Waals surface area contributed by atoms with Gasteiger partial charge in [-0.25, -0.2) is 12.8 Å². The average Bonchev–Trinajstić information content (AvgIpc) is 2.53. The first-order valence-electron chi connectivity index (χ1n) is 8.82. The van der Waals surface area contributed by atoms with Crippen molar-refractivity contribution in [3.8, 4) is 0 Å². The molecule has 2 rings (SSSR count). The van der Waals surface area contributed by atoms with Crippen molar-refractivity contribution in [1.29, 1.82) is 0 Å². The summed E-state index contributed by atoms with van der Waals surface area (Å²) in [6.07, 6.45) is 0.207. The molecule has 0 radical (unpaired) electrons. The SMILES string of the molecule is CC1CN(S(=O)(=O)CCc2ccccc2F)CC(C)N1CCN(C)C. The monoisotopic (exact) mass is 371 g/mol. The quantitative estimate of drug-likeness (QED) is 0.731. The summed E-state index contributed by atoms with van der Waals surface area (Å²) in [5.74, 6) is -0.390. The molecular weight excluding hydrogens is 341 g/mol. The highest BCUT2D eigenvalue weighted by molar-refractivity contribution is 7.89. The first-order valence-corrected chi connectivity index (χ1v) is 10.4. The average molecular weight is 372 g/mol. The molecule has 7 heteroatoms. The Morgan fingerprint density at radius 3 is 2.32 bits per heavy atom. The van der Waals surface area contributed by atoms with Crippen LogP contribution in [0.2, 0.25) is 0 Å². The van der Waals surface area contributed by atoms with Gasteiger partial charge in [0.25, 0.3) is 0 Å². The molecule has 1 aliphatic heterocycles. The summed E-state index contributed by atoms with van der Waals surface area (Å²) in [5.41, 5.74) is 0.455. The Morgan fingerprint density at radius 2 is 1.76 bits per heavy atom. The molecule has 1 aromatic rings. The van der Waals surface area contributed by atoms with Crippen molar-refractivity contribution in [3.05, 3.63) is 35.6 Å². The Labute approximate surface area is 151 Å². The Kier molecular flexibility index (Phi) is 6.96. The lowest BCUT2D eigenvalue weighted by atomic mass is 10.1. The second-order valence-electron chi connectivity index (χ2n) is 7.21. The highest BCUT2D eigenvalue weighted by Crippen LogP contribution is 2.19. The summed E-state index contributed by atoms with van der Waals surface area (Å²) >= 11 is 0. The van der Waals surface area contributed by atoms with E-state index in [1.807, 2.05) is 14.1 Å². The van der Waals surface area contributed by atoms with Gasteiger partial charge in [0.2, 0.25) is 10.0 Å². The van der Waals surface area contributed by atoms with Crippen molar-refractivity contribution < 1.29 is 12.8 Å². The molecule has 0 saturated carbocycles. The number of nitrogens with zero attached hydrogens (tertiary/aromatic N) is 3. The van der Waals surface area contributed by atoms with Gasteiger partial charge >= 0.3 is 0 Å². The Bertz CT molecular complexity index is 654. The molecule has 1 saturated heterocycles. The van der Waals surface area contributed by atoms with E-state index in [1.54, 1.807) is 22.5 Å². The zero-order valence-electron chi connectivity index (χ0n) is 15.7. The van der Waals surface area contributed by atoms with Crippen LogP contribution in [0, 0.1) is 5.82 Å². The topological polar surface area (TPSA) is 43.9 Å². The minimum atomic E-state index is -3.39. The molecule has 1 fully saturated rings. The van der Waals surface area contributed by atoms with E-state index in [9.17, 15) is 12.8 Å². The van der Waals surface area contributed by atoms with Gasteiger partial charge < -0.3 is 4.90 Å². The fourth-order valence-electron chi connectivity index (χ4n) is 3.36. The maximum absolute atomic E-state index is 13.7. The van der Waals surface area contributed by atoms with E-state index in [-0.39, 0.29) is 30.1 Å². The molecule has 1 aromatic carbocycles. The Hall–Kier alpha value is -1.02. The molecule has 1 heterocycles. The highest BCUT2D eigenvalue weighted by atomic mass is 32.2. The molecule has 0 bridgehead atoms. The minimum absolute atomic E-state index is 0.0505. The van der Waals surface area contributed by atoms with E-state index in [1.165, 1.54) is 6.07 Å². The number of benzene rings is 1. The van der Waals surface area contributed by atoms with Gasteiger partial charge in [-0.1, -0.05) is 18.2 Å². The third kappa shape index (κ3) is 5.48. The van der Waals surface area contributed by atoms with E-state index in [2.05, 4.69) is 23.6 Å². The lowest BCUT2D eigenvalue weighted by Gasteiger charge is -2.44. The van der Waals surface area contributed by atoms with Crippen LogP contribution in [0.4, 0.5) is 4.39 Å². The number of rotatable bonds is 7. The summed E-state index contributed by atoms with van der Waals surface area (Å²) in [5, 5.41) is 0. The lowest BCUT2D eigenvalue weighted by molar-refractivity contribution is 0.0708. The van der Waals surface area contributed by atoms with E-state index >= 15 is 0 Å². The van der Waals surface area contributed by atoms with E-state index in [4.69, 9.17) is 0 Å². The van der Waals surface area contributed by atoms with Gasteiger partial charge in [-0.05, 0) is 46.0 Å². The van der Waals surface area contributed by atoms with Crippen LogP contribution in [-0.4, -0.2) is 80.6 Å². The van der Waals surface area contributed by atoms with Gasteiger partial charge in [-0.3, -0.25) is 4.90 Å². The van der Waals surface area contributed by atoms with Crippen molar-refractivity contribution in [1.82, 2.24) is 14.1 Å². The van der Waals surface area contributed by atoms with Crippen LogP contribution in [0.1, 0.15) is 19.4 Å². The van der Waals surface area contributed by atoms with Gasteiger partial charge in [0.1, 0.15) is 5.82 Å². The summed E-state index contributed by atoms with van der Waals surface area (Å²) in [6, 6.07) is 6.71. The molecule has 1 aliphatic rings. The number of hydrogen-bond acceptors (Lipinski definition) is 4. The maximum atomic E-state index is 13.7. The van der Waals surface area contributed by atoms with Crippen molar-refractivity contribution in [2.24, 2.45) is 0 Å². The van der Waals surface area contributed by atoms with Crippen molar-refractivity contribution >= 4 is 10.0 Å². The molecule has 0 N–H and O–H groups in total. The zero-order valence-corrected chi connectivity index (χ0v) is 16.5. The Balaban J connectivity index is 1.97. The molecule has 0 aromatic heterocycles. The largest absolute Gasteiger partial charge is 0.308 e. The number of likely N-dealkylation sites (N-methyl/N-ethyl adjacent to an activating group) is 1. The highest BCUT2D eigenvalue weighted by Gasteiger charge is 2.34. The maximum Gasteiger partial charge on any atom is 0.214 e. The number of piperazine rings is 1. The van der Waals surface area contributed by atoms with Crippen LogP contribution >= 0.6 is 0 Å². The third-order valence-electron chi connectivity index (χ3n) is 4.85. The van der Waals surface area contributed by atoms with Crippen LogP contribution in [0.5, 0.6) is 0 Å². The van der Waals surface area contributed by atoms with E-state index in [0.29, 0.717) is 18.7 Å². The number of aryl methyl sites for hydroxylation is 1. The predicted molar refractivity (Wildman–Crippen MR) is 99.6 cm³/mol. The molecule has 0 spiro atoms.